The number of ether oxygens (including phenoxy) is 1. The molecule has 1 aromatic carbocycles. The minimum atomic E-state index is 0.179. The molecular formula is C17H27NO2. The Balaban J connectivity index is 2.90. The lowest BCUT2D eigenvalue weighted by Crippen LogP contribution is -2.45. The third-order valence-electron chi connectivity index (χ3n) is 3.95. The highest BCUT2D eigenvalue weighted by molar-refractivity contribution is 5.80. The highest BCUT2D eigenvalue weighted by Crippen LogP contribution is 2.20. The summed E-state index contributed by atoms with van der Waals surface area (Å²) in [5.74, 6) is 0.965. The number of para-hydroxylation sites is 1. The van der Waals surface area contributed by atoms with Gasteiger partial charge in [0.15, 0.2) is 0 Å². The van der Waals surface area contributed by atoms with E-state index < -0.39 is 0 Å². The minimum absolute atomic E-state index is 0.179. The number of nitrogens with zero attached hydrogens (tertiary/aromatic N) is 1. The van der Waals surface area contributed by atoms with Gasteiger partial charge in [0.25, 0.3) is 0 Å². The molecule has 0 heterocycles. The fourth-order valence-corrected chi connectivity index (χ4v) is 2.42. The summed E-state index contributed by atoms with van der Waals surface area (Å²) in [6.45, 7) is 8.48. The lowest BCUT2D eigenvalue weighted by Gasteiger charge is -2.34. The molecule has 1 aromatic rings. The highest BCUT2D eigenvalue weighted by atomic mass is 16.5. The van der Waals surface area contributed by atoms with Crippen LogP contribution in [0.2, 0.25) is 0 Å². The van der Waals surface area contributed by atoms with Gasteiger partial charge in [-0.2, -0.15) is 0 Å². The van der Waals surface area contributed by atoms with Gasteiger partial charge in [-0.05, 0) is 32.8 Å². The predicted octanol–water partition coefficient (Wildman–Crippen LogP) is 3.66. The van der Waals surface area contributed by atoms with E-state index in [0.717, 1.165) is 24.2 Å². The average molecular weight is 277 g/mol. The van der Waals surface area contributed by atoms with Gasteiger partial charge in [-0.25, -0.2) is 0 Å². The third-order valence-corrected chi connectivity index (χ3v) is 3.95. The summed E-state index contributed by atoms with van der Waals surface area (Å²) in [6, 6.07) is 8.27. The van der Waals surface area contributed by atoms with Crippen molar-refractivity contribution in [1.82, 2.24) is 4.90 Å². The normalized spacial score (nSPS) is 13.7. The summed E-state index contributed by atoms with van der Waals surface area (Å²) in [4.78, 5) is 14.7. The quantitative estimate of drug-likeness (QED) is 0.761. The lowest BCUT2D eigenvalue weighted by atomic mass is 10.1. The zero-order valence-electron chi connectivity index (χ0n) is 13.3. The van der Waals surface area contributed by atoms with Gasteiger partial charge in [-0.15, -0.1) is 0 Å². The second-order valence-corrected chi connectivity index (χ2v) is 5.30. The van der Waals surface area contributed by atoms with Crippen LogP contribution in [0.1, 0.15) is 46.1 Å². The van der Waals surface area contributed by atoms with Crippen molar-refractivity contribution in [3.05, 3.63) is 29.8 Å². The first-order chi connectivity index (χ1) is 9.54. The molecule has 20 heavy (non-hydrogen) atoms. The molecule has 3 nitrogen and oxygen atoms in total. The fourth-order valence-electron chi connectivity index (χ4n) is 2.42. The van der Waals surface area contributed by atoms with Crippen molar-refractivity contribution in [1.29, 1.82) is 0 Å². The van der Waals surface area contributed by atoms with E-state index in [1.165, 1.54) is 0 Å². The van der Waals surface area contributed by atoms with E-state index in [4.69, 9.17) is 4.74 Å². The van der Waals surface area contributed by atoms with Crippen LogP contribution in [0.3, 0.4) is 0 Å². The molecule has 0 spiro atoms. The van der Waals surface area contributed by atoms with Crippen LogP contribution in [0.4, 0.5) is 0 Å². The SMILES string of the molecule is CC[C@H](C)N(C(=O)Cc1ccccc1OC)[C@@H](C)CC. The number of carbonyl (C=O) groups excluding carboxylic acids is 1. The first-order valence-electron chi connectivity index (χ1n) is 7.48. The van der Waals surface area contributed by atoms with E-state index in [1.54, 1.807) is 7.11 Å². The molecule has 0 unspecified atom stereocenters. The van der Waals surface area contributed by atoms with Crippen LogP contribution in [0, 0.1) is 0 Å². The van der Waals surface area contributed by atoms with Crippen molar-refractivity contribution >= 4 is 5.91 Å². The maximum Gasteiger partial charge on any atom is 0.227 e. The Kier molecular flexibility index (Phi) is 6.56. The van der Waals surface area contributed by atoms with Crippen LogP contribution in [0.25, 0.3) is 0 Å². The van der Waals surface area contributed by atoms with Crippen molar-refractivity contribution in [2.24, 2.45) is 0 Å². The largest absolute Gasteiger partial charge is 0.496 e. The van der Waals surface area contributed by atoms with Crippen molar-refractivity contribution in [2.75, 3.05) is 7.11 Å². The van der Waals surface area contributed by atoms with Gasteiger partial charge in [-0.3, -0.25) is 4.79 Å². The molecule has 1 amide bonds. The molecule has 1 rings (SSSR count). The second-order valence-electron chi connectivity index (χ2n) is 5.30. The summed E-state index contributed by atoms with van der Waals surface area (Å²) in [6.07, 6.45) is 2.35. The van der Waals surface area contributed by atoms with E-state index in [-0.39, 0.29) is 18.0 Å². The van der Waals surface area contributed by atoms with Crippen LogP contribution < -0.4 is 4.74 Å². The number of carbonyl (C=O) groups is 1. The van der Waals surface area contributed by atoms with E-state index in [1.807, 2.05) is 29.2 Å². The summed E-state index contributed by atoms with van der Waals surface area (Å²) in [5.41, 5.74) is 0.955. The second kappa shape index (κ2) is 7.93. The Bertz CT molecular complexity index is 421. The van der Waals surface area contributed by atoms with Crippen molar-refractivity contribution < 1.29 is 9.53 Å². The summed E-state index contributed by atoms with van der Waals surface area (Å²) in [5, 5.41) is 0. The lowest BCUT2D eigenvalue weighted by molar-refractivity contribution is -0.135. The van der Waals surface area contributed by atoms with Gasteiger partial charge in [-0.1, -0.05) is 32.0 Å². The average Bonchev–Trinajstić information content (AvgIpc) is 2.47. The van der Waals surface area contributed by atoms with Crippen LogP contribution in [0.5, 0.6) is 5.75 Å². The topological polar surface area (TPSA) is 29.5 Å². The van der Waals surface area contributed by atoms with Crippen LogP contribution in [-0.2, 0) is 11.2 Å². The molecule has 0 radical (unpaired) electrons. The van der Waals surface area contributed by atoms with Gasteiger partial charge < -0.3 is 9.64 Å². The minimum Gasteiger partial charge on any atom is -0.496 e. The number of amides is 1. The summed E-state index contributed by atoms with van der Waals surface area (Å²) < 4.78 is 5.33. The summed E-state index contributed by atoms with van der Waals surface area (Å²) in [7, 11) is 1.64. The van der Waals surface area contributed by atoms with E-state index in [2.05, 4.69) is 27.7 Å². The zero-order chi connectivity index (χ0) is 15.1. The Morgan fingerprint density at radius 1 is 1.15 bits per heavy atom. The third kappa shape index (κ3) is 3.99. The Labute approximate surface area is 122 Å². The first kappa shape index (κ1) is 16.5. The Hall–Kier alpha value is -1.51. The zero-order valence-corrected chi connectivity index (χ0v) is 13.3. The fraction of sp³-hybridized carbons (Fsp3) is 0.588. The van der Waals surface area contributed by atoms with E-state index in [0.29, 0.717) is 6.42 Å². The smallest absolute Gasteiger partial charge is 0.227 e. The maximum absolute atomic E-state index is 12.7. The van der Waals surface area contributed by atoms with Crippen LogP contribution in [0.15, 0.2) is 24.3 Å². The summed E-state index contributed by atoms with van der Waals surface area (Å²) >= 11 is 0. The van der Waals surface area contributed by atoms with E-state index in [9.17, 15) is 4.79 Å². The maximum atomic E-state index is 12.7. The number of methoxy groups -OCH3 is 1. The van der Waals surface area contributed by atoms with Crippen molar-refractivity contribution in [3.8, 4) is 5.75 Å². The molecule has 0 aromatic heterocycles. The molecular weight excluding hydrogens is 250 g/mol. The van der Waals surface area contributed by atoms with Crippen molar-refractivity contribution in [3.63, 3.8) is 0 Å². The number of hydrogen-bond donors (Lipinski definition) is 0. The monoisotopic (exact) mass is 277 g/mol. The van der Waals surface area contributed by atoms with E-state index >= 15 is 0 Å². The Morgan fingerprint density at radius 3 is 2.20 bits per heavy atom. The van der Waals surface area contributed by atoms with Crippen molar-refractivity contribution in [2.45, 2.75) is 59.0 Å². The molecule has 0 saturated heterocycles. The molecule has 0 aliphatic rings. The molecule has 0 aliphatic carbocycles. The standard InChI is InChI=1S/C17H27NO2/c1-6-13(3)18(14(4)7-2)17(19)12-15-10-8-9-11-16(15)20-5/h8-11,13-14H,6-7,12H2,1-5H3/t13-,14-/m0/s1. The van der Waals surface area contributed by atoms with Gasteiger partial charge in [0, 0.05) is 17.6 Å². The predicted molar refractivity (Wildman–Crippen MR) is 83.1 cm³/mol. The molecule has 0 aliphatic heterocycles. The van der Waals surface area contributed by atoms with Crippen LogP contribution >= 0.6 is 0 Å². The highest BCUT2D eigenvalue weighted by Gasteiger charge is 2.24. The molecule has 0 bridgehead atoms. The molecule has 0 N–H and O–H groups in total. The first-order valence-corrected chi connectivity index (χ1v) is 7.48. The number of rotatable bonds is 7. The molecule has 3 heteroatoms. The molecule has 2 atom stereocenters. The molecule has 0 saturated carbocycles. The van der Waals surface area contributed by atoms with Gasteiger partial charge >= 0.3 is 0 Å². The van der Waals surface area contributed by atoms with Crippen LogP contribution in [-0.4, -0.2) is 30.0 Å². The number of benzene rings is 1. The number of hydrogen-bond acceptors (Lipinski definition) is 2. The Morgan fingerprint density at radius 2 is 1.70 bits per heavy atom. The van der Waals surface area contributed by atoms with Gasteiger partial charge in [0.05, 0.1) is 13.5 Å². The van der Waals surface area contributed by atoms with Gasteiger partial charge in [0.2, 0.25) is 5.91 Å². The molecule has 112 valence electrons. The van der Waals surface area contributed by atoms with Gasteiger partial charge in [0.1, 0.15) is 5.75 Å². The molecule has 0 fully saturated rings.